The number of thiazole rings is 1. The van der Waals surface area contributed by atoms with Crippen LogP contribution in [0, 0.1) is 0 Å². The van der Waals surface area contributed by atoms with E-state index in [0.29, 0.717) is 29.7 Å². The first kappa shape index (κ1) is 17.8. The average Bonchev–Trinajstić information content (AvgIpc) is 3.17. The second kappa shape index (κ2) is 8.40. The third kappa shape index (κ3) is 3.81. The maximum atomic E-state index is 13.1. The van der Waals surface area contributed by atoms with Crippen molar-refractivity contribution in [2.75, 3.05) is 18.1 Å². The van der Waals surface area contributed by atoms with Crippen LogP contribution in [0.3, 0.4) is 0 Å². The SMILES string of the molecule is C=CCN(C(=O)c1cccnc1OCC)c1nc(-c2ccccc2)cs1. The van der Waals surface area contributed by atoms with Crippen molar-refractivity contribution in [2.45, 2.75) is 6.92 Å². The summed E-state index contributed by atoms with van der Waals surface area (Å²) in [5.41, 5.74) is 2.26. The zero-order valence-corrected chi connectivity index (χ0v) is 15.3. The number of amides is 1. The van der Waals surface area contributed by atoms with Crippen LogP contribution in [0.1, 0.15) is 17.3 Å². The summed E-state index contributed by atoms with van der Waals surface area (Å²) in [6.07, 6.45) is 3.29. The Balaban J connectivity index is 1.94. The van der Waals surface area contributed by atoms with Crippen LogP contribution in [-0.4, -0.2) is 29.0 Å². The first-order valence-corrected chi connectivity index (χ1v) is 9.14. The number of carbonyl (C=O) groups is 1. The summed E-state index contributed by atoms with van der Waals surface area (Å²) in [6.45, 7) is 6.41. The van der Waals surface area contributed by atoms with Crippen molar-refractivity contribution in [3.8, 4) is 17.1 Å². The van der Waals surface area contributed by atoms with Gasteiger partial charge in [0.15, 0.2) is 5.13 Å². The quantitative estimate of drug-likeness (QED) is 0.581. The van der Waals surface area contributed by atoms with Gasteiger partial charge in [0.1, 0.15) is 5.56 Å². The zero-order chi connectivity index (χ0) is 18.4. The van der Waals surface area contributed by atoms with Gasteiger partial charge in [0.05, 0.1) is 12.3 Å². The number of aromatic nitrogens is 2. The summed E-state index contributed by atoms with van der Waals surface area (Å²) in [7, 11) is 0. The number of rotatable bonds is 7. The van der Waals surface area contributed by atoms with Gasteiger partial charge in [-0.05, 0) is 19.1 Å². The standard InChI is InChI=1S/C20H19N3O2S/c1-3-13-23(19(24)16-11-8-12-21-18(16)25-4-2)20-22-17(14-26-20)15-9-6-5-7-10-15/h3,5-12,14H,1,4,13H2,2H3. The molecule has 0 radical (unpaired) electrons. The number of benzene rings is 1. The number of carbonyl (C=O) groups excluding carboxylic acids is 1. The van der Waals surface area contributed by atoms with E-state index in [4.69, 9.17) is 4.74 Å². The predicted molar refractivity (Wildman–Crippen MR) is 105 cm³/mol. The first-order chi connectivity index (χ1) is 12.7. The molecule has 2 aromatic heterocycles. The Kier molecular flexibility index (Phi) is 5.76. The summed E-state index contributed by atoms with van der Waals surface area (Å²) in [5, 5.41) is 2.56. The van der Waals surface area contributed by atoms with Crippen molar-refractivity contribution >= 4 is 22.4 Å². The molecule has 0 saturated carbocycles. The Morgan fingerprint density at radius 1 is 1.27 bits per heavy atom. The van der Waals surface area contributed by atoms with Gasteiger partial charge in [-0.1, -0.05) is 36.4 Å². The van der Waals surface area contributed by atoms with Crippen LogP contribution >= 0.6 is 11.3 Å². The highest BCUT2D eigenvalue weighted by Crippen LogP contribution is 2.29. The van der Waals surface area contributed by atoms with Gasteiger partial charge in [0.2, 0.25) is 5.88 Å². The Morgan fingerprint density at radius 2 is 2.08 bits per heavy atom. The van der Waals surface area contributed by atoms with Crippen molar-refractivity contribution in [3.05, 3.63) is 72.3 Å². The molecule has 0 saturated heterocycles. The van der Waals surface area contributed by atoms with Crippen molar-refractivity contribution < 1.29 is 9.53 Å². The molecule has 0 aliphatic heterocycles. The van der Waals surface area contributed by atoms with Crippen LogP contribution in [0.4, 0.5) is 5.13 Å². The van der Waals surface area contributed by atoms with Crippen molar-refractivity contribution in [2.24, 2.45) is 0 Å². The van der Waals surface area contributed by atoms with Gasteiger partial charge in [0.25, 0.3) is 5.91 Å². The highest BCUT2D eigenvalue weighted by Gasteiger charge is 2.23. The average molecular weight is 365 g/mol. The fourth-order valence-corrected chi connectivity index (χ4v) is 3.30. The van der Waals surface area contributed by atoms with E-state index < -0.39 is 0 Å². The summed E-state index contributed by atoms with van der Waals surface area (Å²) in [4.78, 5) is 23.5. The van der Waals surface area contributed by atoms with Crippen LogP contribution < -0.4 is 9.64 Å². The van der Waals surface area contributed by atoms with Crippen LogP contribution in [0.15, 0.2) is 66.7 Å². The highest BCUT2D eigenvalue weighted by atomic mass is 32.1. The molecule has 132 valence electrons. The molecule has 5 nitrogen and oxygen atoms in total. The van der Waals surface area contributed by atoms with Gasteiger partial charge in [-0.3, -0.25) is 9.69 Å². The number of anilines is 1. The molecule has 3 aromatic rings. The molecule has 0 bridgehead atoms. The fourth-order valence-electron chi connectivity index (χ4n) is 2.46. The summed E-state index contributed by atoms with van der Waals surface area (Å²) < 4.78 is 5.50. The molecule has 1 aromatic carbocycles. The molecule has 1 amide bonds. The number of hydrogen-bond acceptors (Lipinski definition) is 5. The third-order valence-corrected chi connectivity index (χ3v) is 4.50. The van der Waals surface area contributed by atoms with Gasteiger partial charge in [-0.15, -0.1) is 17.9 Å². The van der Waals surface area contributed by atoms with E-state index in [1.54, 1.807) is 29.3 Å². The maximum Gasteiger partial charge on any atom is 0.265 e. The van der Waals surface area contributed by atoms with Gasteiger partial charge >= 0.3 is 0 Å². The molecule has 2 heterocycles. The van der Waals surface area contributed by atoms with E-state index >= 15 is 0 Å². The Bertz CT molecular complexity index is 893. The van der Waals surface area contributed by atoms with Crippen LogP contribution in [0.2, 0.25) is 0 Å². The van der Waals surface area contributed by atoms with E-state index in [9.17, 15) is 4.79 Å². The molecule has 3 rings (SSSR count). The molecule has 6 heteroatoms. The van der Waals surface area contributed by atoms with Crippen molar-refractivity contribution in [1.82, 2.24) is 9.97 Å². The van der Waals surface area contributed by atoms with E-state index in [1.807, 2.05) is 42.6 Å². The monoisotopic (exact) mass is 365 g/mol. The fraction of sp³-hybridized carbons (Fsp3) is 0.150. The number of nitrogens with zero attached hydrogens (tertiary/aromatic N) is 3. The predicted octanol–water partition coefficient (Wildman–Crippen LogP) is 4.44. The normalized spacial score (nSPS) is 10.3. The van der Waals surface area contributed by atoms with E-state index in [0.717, 1.165) is 11.3 Å². The zero-order valence-electron chi connectivity index (χ0n) is 14.5. The van der Waals surface area contributed by atoms with Gasteiger partial charge in [0, 0.05) is 23.7 Å². The minimum Gasteiger partial charge on any atom is -0.477 e. The van der Waals surface area contributed by atoms with Crippen molar-refractivity contribution in [3.63, 3.8) is 0 Å². The summed E-state index contributed by atoms with van der Waals surface area (Å²) in [6, 6.07) is 13.3. The first-order valence-electron chi connectivity index (χ1n) is 8.26. The minimum absolute atomic E-state index is 0.213. The Hall–Kier alpha value is -2.99. The molecule has 0 unspecified atom stereocenters. The molecular formula is C20H19N3O2S. The smallest absolute Gasteiger partial charge is 0.265 e. The summed E-state index contributed by atoms with van der Waals surface area (Å²) >= 11 is 1.42. The Morgan fingerprint density at radius 3 is 2.81 bits per heavy atom. The van der Waals surface area contributed by atoms with Crippen molar-refractivity contribution in [1.29, 1.82) is 0 Å². The van der Waals surface area contributed by atoms with Crippen LogP contribution in [0.5, 0.6) is 5.88 Å². The summed E-state index contributed by atoms with van der Waals surface area (Å²) in [5.74, 6) is 0.115. The van der Waals surface area contributed by atoms with E-state index in [-0.39, 0.29) is 5.91 Å². The largest absolute Gasteiger partial charge is 0.477 e. The topological polar surface area (TPSA) is 55.3 Å². The molecule has 0 aliphatic carbocycles. The third-order valence-electron chi connectivity index (χ3n) is 3.63. The van der Waals surface area contributed by atoms with Gasteiger partial charge in [-0.2, -0.15) is 0 Å². The van der Waals surface area contributed by atoms with Gasteiger partial charge < -0.3 is 4.74 Å². The lowest BCUT2D eigenvalue weighted by Crippen LogP contribution is -2.31. The lowest BCUT2D eigenvalue weighted by molar-refractivity contribution is 0.0985. The van der Waals surface area contributed by atoms with E-state index in [2.05, 4.69) is 16.5 Å². The highest BCUT2D eigenvalue weighted by molar-refractivity contribution is 7.14. The Labute approximate surface area is 156 Å². The number of hydrogen-bond donors (Lipinski definition) is 0. The maximum absolute atomic E-state index is 13.1. The van der Waals surface area contributed by atoms with Crippen LogP contribution in [-0.2, 0) is 0 Å². The number of pyridine rings is 1. The molecule has 26 heavy (non-hydrogen) atoms. The lowest BCUT2D eigenvalue weighted by atomic mass is 10.2. The second-order valence-electron chi connectivity index (χ2n) is 5.37. The number of ether oxygens (including phenoxy) is 1. The molecule has 0 aliphatic rings. The lowest BCUT2D eigenvalue weighted by Gasteiger charge is -2.19. The minimum atomic E-state index is -0.213. The molecule has 0 spiro atoms. The van der Waals surface area contributed by atoms with Crippen LogP contribution in [0.25, 0.3) is 11.3 Å². The molecular weight excluding hydrogens is 346 g/mol. The molecule has 0 fully saturated rings. The van der Waals surface area contributed by atoms with Gasteiger partial charge in [-0.25, -0.2) is 9.97 Å². The van der Waals surface area contributed by atoms with E-state index in [1.165, 1.54) is 11.3 Å². The second-order valence-corrected chi connectivity index (χ2v) is 6.21. The molecule has 0 atom stereocenters. The molecule has 0 N–H and O–H groups in total.